The Labute approximate surface area is 155 Å². The molecule has 4 heteroatoms. The summed E-state index contributed by atoms with van der Waals surface area (Å²) in [6, 6.07) is 0. The van der Waals surface area contributed by atoms with Gasteiger partial charge in [-0.05, 0) is 13.5 Å². The molecule has 21 heavy (non-hydrogen) atoms. The van der Waals surface area contributed by atoms with Crippen molar-refractivity contribution in [3.05, 3.63) is 0 Å². The van der Waals surface area contributed by atoms with Crippen LogP contribution in [0.25, 0.3) is 0 Å². The molecule has 0 aromatic heterocycles. The Hall–Kier alpha value is 0.430. The molecule has 0 amide bonds. The first-order chi connectivity index (χ1) is 9.81. The normalized spacial score (nSPS) is 10.2. The van der Waals surface area contributed by atoms with Crippen LogP contribution in [0.3, 0.4) is 0 Å². The van der Waals surface area contributed by atoms with Crippen molar-refractivity contribution in [1.29, 1.82) is 0 Å². The number of ether oxygens (including phenoxy) is 1. The minimum absolute atomic E-state index is 0. The first-order valence-corrected chi connectivity index (χ1v) is 8.61. The van der Waals surface area contributed by atoms with E-state index in [1.165, 1.54) is 70.6 Å². The van der Waals surface area contributed by atoms with Crippen molar-refractivity contribution in [2.45, 2.75) is 84.0 Å². The van der Waals surface area contributed by atoms with Crippen molar-refractivity contribution < 1.29 is 40.5 Å². The van der Waals surface area contributed by atoms with Crippen molar-refractivity contribution in [3.63, 3.8) is 0 Å². The monoisotopic (exact) mass is 309 g/mol. The molecule has 0 radical (unpaired) electrons. The topological polar surface area (TPSA) is 38.3 Å². The molecule has 0 atom stereocenters. The molecule has 0 fully saturated rings. The summed E-state index contributed by atoms with van der Waals surface area (Å²) in [6.07, 6.45) is 16.0. The number of unbranched alkanes of at least 4 members (excludes halogenated alkanes) is 11. The average molecular weight is 309 g/mol. The Kier molecular flexibility index (Phi) is 23.0. The van der Waals surface area contributed by atoms with Gasteiger partial charge in [0.15, 0.2) is 0 Å². The summed E-state index contributed by atoms with van der Waals surface area (Å²) in [4.78, 5) is 11.1. The van der Waals surface area contributed by atoms with Gasteiger partial charge in [0, 0.05) is 0 Å². The number of esters is 1. The third kappa shape index (κ3) is 20.4. The minimum Gasteiger partial charge on any atom is -1.00 e. The number of carbonyl (C=O) groups excluding carboxylic acids is 1. The SMILES string of the molecule is CCCCCCCCCCCCCCOC(=O)CNC.[H-].[Na+]. The minimum atomic E-state index is -0.143. The molecule has 0 saturated heterocycles. The van der Waals surface area contributed by atoms with Gasteiger partial charge >= 0.3 is 35.5 Å². The summed E-state index contributed by atoms with van der Waals surface area (Å²) in [5.41, 5.74) is 0. The first-order valence-electron chi connectivity index (χ1n) is 8.61. The molecular weight excluding hydrogens is 273 g/mol. The summed E-state index contributed by atoms with van der Waals surface area (Å²) in [5.74, 6) is -0.143. The first kappa shape index (κ1) is 23.7. The van der Waals surface area contributed by atoms with Crippen LogP contribution in [0.5, 0.6) is 0 Å². The van der Waals surface area contributed by atoms with Gasteiger partial charge in [0.2, 0.25) is 0 Å². The molecule has 3 nitrogen and oxygen atoms in total. The molecule has 0 saturated carbocycles. The van der Waals surface area contributed by atoms with Gasteiger partial charge in [0.1, 0.15) is 0 Å². The summed E-state index contributed by atoms with van der Waals surface area (Å²) < 4.78 is 5.07. The largest absolute Gasteiger partial charge is 1.00 e. The summed E-state index contributed by atoms with van der Waals surface area (Å²) in [6.45, 7) is 3.16. The zero-order valence-electron chi connectivity index (χ0n) is 15.7. The molecule has 122 valence electrons. The van der Waals surface area contributed by atoms with Gasteiger partial charge in [0.05, 0.1) is 13.2 Å². The predicted molar refractivity (Wildman–Crippen MR) is 87.1 cm³/mol. The third-order valence-electron chi connectivity index (χ3n) is 3.58. The second-order valence-electron chi connectivity index (χ2n) is 5.64. The molecule has 0 rings (SSSR count). The van der Waals surface area contributed by atoms with E-state index in [4.69, 9.17) is 4.74 Å². The zero-order valence-corrected chi connectivity index (χ0v) is 16.7. The molecule has 0 aromatic rings. The molecule has 0 aliphatic rings. The van der Waals surface area contributed by atoms with Crippen molar-refractivity contribution in [2.75, 3.05) is 20.2 Å². The van der Waals surface area contributed by atoms with Crippen LogP contribution >= 0.6 is 0 Å². The molecule has 0 aromatic carbocycles. The number of hydrogen-bond donors (Lipinski definition) is 1. The van der Waals surface area contributed by atoms with Crippen LogP contribution in [-0.4, -0.2) is 26.2 Å². The van der Waals surface area contributed by atoms with E-state index in [-0.39, 0.29) is 37.0 Å². The number of rotatable bonds is 15. The fourth-order valence-electron chi connectivity index (χ4n) is 2.32. The van der Waals surface area contributed by atoms with E-state index in [0.717, 1.165) is 6.42 Å². The van der Waals surface area contributed by atoms with E-state index in [1.54, 1.807) is 7.05 Å². The van der Waals surface area contributed by atoms with E-state index in [1.807, 2.05) is 0 Å². The second-order valence-corrected chi connectivity index (χ2v) is 5.64. The van der Waals surface area contributed by atoms with E-state index < -0.39 is 0 Å². The predicted octanol–water partition coefficient (Wildman–Crippen LogP) is 1.57. The molecule has 0 unspecified atom stereocenters. The van der Waals surface area contributed by atoms with Crippen molar-refractivity contribution >= 4 is 5.97 Å². The number of likely N-dealkylation sites (N-methyl/N-ethyl adjacent to an activating group) is 1. The van der Waals surface area contributed by atoms with Crippen molar-refractivity contribution in [2.24, 2.45) is 0 Å². The smallest absolute Gasteiger partial charge is 1.00 e. The van der Waals surface area contributed by atoms with Crippen LogP contribution in [0.4, 0.5) is 0 Å². The third-order valence-corrected chi connectivity index (χ3v) is 3.58. The Morgan fingerprint density at radius 2 is 1.29 bits per heavy atom. The summed E-state index contributed by atoms with van der Waals surface area (Å²) in [5, 5.41) is 2.79. The zero-order chi connectivity index (χ0) is 14.9. The van der Waals surface area contributed by atoms with Crippen LogP contribution in [0.2, 0.25) is 0 Å². The van der Waals surface area contributed by atoms with Crippen LogP contribution in [-0.2, 0) is 9.53 Å². The fraction of sp³-hybridized carbons (Fsp3) is 0.941. The van der Waals surface area contributed by atoms with Gasteiger partial charge in [-0.15, -0.1) is 0 Å². The quantitative estimate of drug-likeness (QED) is 0.283. The van der Waals surface area contributed by atoms with E-state index in [0.29, 0.717) is 13.2 Å². The van der Waals surface area contributed by atoms with Gasteiger partial charge in [-0.2, -0.15) is 0 Å². The molecule has 0 aliphatic carbocycles. The van der Waals surface area contributed by atoms with E-state index in [2.05, 4.69) is 12.2 Å². The van der Waals surface area contributed by atoms with Gasteiger partial charge in [-0.25, -0.2) is 0 Å². The maximum absolute atomic E-state index is 11.1. The second kappa shape index (κ2) is 20.4. The van der Waals surface area contributed by atoms with Crippen LogP contribution < -0.4 is 34.9 Å². The average Bonchev–Trinajstić information content (AvgIpc) is 2.44. The molecule has 0 aliphatic heterocycles. The standard InChI is InChI=1S/C17H35NO2.Na.H/c1-3-4-5-6-7-8-9-10-11-12-13-14-15-20-17(19)16-18-2;;/h18H,3-16H2,1-2H3;;/q;+1;-1. The summed E-state index contributed by atoms with van der Waals surface area (Å²) >= 11 is 0. The molecule has 0 heterocycles. The summed E-state index contributed by atoms with van der Waals surface area (Å²) in [7, 11) is 1.76. The van der Waals surface area contributed by atoms with Crippen molar-refractivity contribution in [1.82, 2.24) is 5.32 Å². The number of hydrogen-bond acceptors (Lipinski definition) is 3. The molecule has 0 spiro atoms. The van der Waals surface area contributed by atoms with Crippen LogP contribution in [0.15, 0.2) is 0 Å². The molecular formula is C17H36NNaO2. The maximum Gasteiger partial charge on any atom is 1.00 e. The number of nitrogens with one attached hydrogen (secondary N) is 1. The fourth-order valence-corrected chi connectivity index (χ4v) is 2.32. The van der Waals surface area contributed by atoms with Gasteiger partial charge in [0.25, 0.3) is 0 Å². The van der Waals surface area contributed by atoms with E-state index >= 15 is 0 Å². The van der Waals surface area contributed by atoms with Gasteiger partial charge in [-0.3, -0.25) is 4.79 Å². The number of carbonyl (C=O) groups is 1. The Morgan fingerprint density at radius 1 is 0.857 bits per heavy atom. The Bertz CT molecular complexity index is 219. The maximum atomic E-state index is 11.1. The Morgan fingerprint density at radius 3 is 1.71 bits per heavy atom. The van der Waals surface area contributed by atoms with E-state index in [9.17, 15) is 4.79 Å². The van der Waals surface area contributed by atoms with Crippen LogP contribution in [0.1, 0.15) is 85.4 Å². The van der Waals surface area contributed by atoms with Gasteiger partial charge in [-0.1, -0.05) is 77.6 Å². The van der Waals surface area contributed by atoms with Crippen molar-refractivity contribution in [3.8, 4) is 0 Å². The Balaban J connectivity index is -0.00000180. The molecule has 0 bridgehead atoms. The van der Waals surface area contributed by atoms with Gasteiger partial charge < -0.3 is 11.5 Å². The molecule has 1 N–H and O–H groups in total. The van der Waals surface area contributed by atoms with Crippen LogP contribution in [0, 0.1) is 0 Å².